The molecule has 0 aromatic rings. The predicted octanol–water partition coefficient (Wildman–Crippen LogP) is 2.14. The second kappa shape index (κ2) is 8.59. The maximum absolute atomic E-state index is 12.3. The minimum Gasteiger partial charge on any atom is -0.393 e. The number of aliphatic hydroxyl groups excluding tert-OH is 1. The Morgan fingerprint density at radius 3 is 2.86 bits per heavy atom. The average Bonchev–Trinajstić information content (AvgIpc) is 2.48. The maximum atomic E-state index is 12.3. The summed E-state index contributed by atoms with van der Waals surface area (Å²) in [5.41, 5.74) is 0. The summed E-state index contributed by atoms with van der Waals surface area (Å²) in [5.74, 6) is 0.789. The van der Waals surface area contributed by atoms with Gasteiger partial charge in [0.05, 0.1) is 25.4 Å². The smallest absolute Gasteiger partial charge is 0.317 e. The van der Waals surface area contributed by atoms with Crippen molar-refractivity contribution in [3.05, 3.63) is 0 Å². The van der Waals surface area contributed by atoms with E-state index < -0.39 is 6.10 Å². The van der Waals surface area contributed by atoms with Crippen molar-refractivity contribution >= 4 is 6.03 Å². The molecule has 2 fully saturated rings. The van der Waals surface area contributed by atoms with Crippen LogP contribution in [0.5, 0.6) is 0 Å². The molecule has 122 valence electrons. The number of aliphatic hydroxyl groups is 1. The highest BCUT2D eigenvalue weighted by molar-refractivity contribution is 5.74. The highest BCUT2D eigenvalue weighted by Gasteiger charge is 2.28. The van der Waals surface area contributed by atoms with Gasteiger partial charge in [0.2, 0.25) is 0 Å². The van der Waals surface area contributed by atoms with Gasteiger partial charge in [-0.3, -0.25) is 0 Å². The minimum absolute atomic E-state index is 0.000223. The second-order valence-electron chi connectivity index (χ2n) is 6.53. The first kappa shape index (κ1) is 16.6. The predicted molar refractivity (Wildman–Crippen MR) is 82.2 cm³/mol. The largest absolute Gasteiger partial charge is 0.393 e. The molecule has 0 unspecified atom stereocenters. The van der Waals surface area contributed by atoms with Crippen molar-refractivity contribution in [2.24, 2.45) is 5.92 Å². The summed E-state index contributed by atoms with van der Waals surface area (Å²) < 4.78 is 5.43. The van der Waals surface area contributed by atoms with Gasteiger partial charge in [-0.1, -0.05) is 32.1 Å². The Kier molecular flexibility index (Phi) is 6.77. The monoisotopic (exact) mass is 298 g/mol. The molecule has 2 rings (SSSR count). The molecule has 2 N–H and O–H groups in total. The van der Waals surface area contributed by atoms with Crippen LogP contribution in [0.25, 0.3) is 0 Å². The molecule has 1 aliphatic heterocycles. The molecule has 2 amide bonds. The molecule has 1 aliphatic carbocycles. The lowest BCUT2D eigenvalue weighted by molar-refractivity contribution is -0.00434. The molecule has 1 saturated heterocycles. The summed E-state index contributed by atoms with van der Waals surface area (Å²) in [4.78, 5) is 14.1. The molecule has 1 heterocycles. The van der Waals surface area contributed by atoms with Crippen molar-refractivity contribution < 1.29 is 14.6 Å². The molecule has 0 aromatic heterocycles. The summed E-state index contributed by atoms with van der Waals surface area (Å²) in [5, 5.41) is 12.6. The Bertz CT molecular complexity index is 317. The Hall–Kier alpha value is -0.810. The van der Waals surface area contributed by atoms with Crippen molar-refractivity contribution in [2.75, 3.05) is 26.3 Å². The van der Waals surface area contributed by atoms with Crippen LogP contribution in [0.3, 0.4) is 0 Å². The zero-order chi connectivity index (χ0) is 15.1. The van der Waals surface area contributed by atoms with E-state index >= 15 is 0 Å². The number of carbonyl (C=O) groups excluding carboxylic acids is 1. The summed E-state index contributed by atoms with van der Waals surface area (Å²) >= 11 is 0. The SMILES string of the molecule is C[C@H](O)C[C@@H]1COCCN1C(=O)NCCC1CCCCC1. The lowest BCUT2D eigenvalue weighted by atomic mass is 9.87. The summed E-state index contributed by atoms with van der Waals surface area (Å²) in [6, 6.07) is -0.00631. The number of carbonyl (C=O) groups is 1. The van der Waals surface area contributed by atoms with Crippen LogP contribution < -0.4 is 5.32 Å². The lowest BCUT2D eigenvalue weighted by Crippen LogP contribution is -2.53. The van der Waals surface area contributed by atoms with Gasteiger partial charge in [0, 0.05) is 13.1 Å². The molecule has 2 aliphatic rings. The molecule has 5 nitrogen and oxygen atoms in total. The first-order valence-corrected chi connectivity index (χ1v) is 8.47. The van der Waals surface area contributed by atoms with E-state index in [-0.39, 0.29) is 12.1 Å². The van der Waals surface area contributed by atoms with E-state index in [9.17, 15) is 9.90 Å². The quantitative estimate of drug-likeness (QED) is 0.817. The average molecular weight is 298 g/mol. The van der Waals surface area contributed by atoms with Gasteiger partial charge in [-0.05, 0) is 25.7 Å². The Morgan fingerprint density at radius 2 is 2.14 bits per heavy atom. The molecule has 2 atom stereocenters. The van der Waals surface area contributed by atoms with Gasteiger partial charge < -0.3 is 20.1 Å². The van der Waals surface area contributed by atoms with Gasteiger partial charge >= 0.3 is 6.03 Å². The molecule has 21 heavy (non-hydrogen) atoms. The van der Waals surface area contributed by atoms with Crippen LogP contribution >= 0.6 is 0 Å². The molecule has 0 radical (unpaired) electrons. The highest BCUT2D eigenvalue weighted by atomic mass is 16.5. The van der Waals surface area contributed by atoms with E-state index in [1.54, 1.807) is 6.92 Å². The zero-order valence-corrected chi connectivity index (χ0v) is 13.2. The first-order chi connectivity index (χ1) is 10.2. The number of nitrogens with one attached hydrogen (secondary N) is 1. The number of hydrogen-bond acceptors (Lipinski definition) is 3. The lowest BCUT2D eigenvalue weighted by Gasteiger charge is -2.36. The third-order valence-electron chi connectivity index (χ3n) is 4.66. The Balaban J connectivity index is 1.72. The number of ether oxygens (including phenoxy) is 1. The fourth-order valence-corrected chi connectivity index (χ4v) is 3.47. The number of morpholine rings is 1. The van der Waals surface area contributed by atoms with Crippen LogP contribution in [0.1, 0.15) is 51.9 Å². The molecule has 5 heteroatoms. The zero-order valence-electron chi connectivity index (χ0n) is 13.2. The third-order valence-corrected chi connectivity index (χ3v) is 4.66. The van der Waals surface area contributed by atoms with Crippen LogP contribution in [-0.4, -0.2) is 54.5 Å². The van der Waals surface area contributed by atoms with Gasteiger partial charge in [-0.2, -0.15) is 0 Å². The van der Waals surface area contributed by atoms with Crippen LogP contribution in [-0.2, 0) is 4.74 Å². The normalized spacial score (nSPS) is 25.6. The topological polar surface area (TPSA) is 61.8 Å². The fraction of sp³-hybridized carbons (Fsp3) is 0.938. The Labute approximate surface area is 128 Å². The fourth-order valence-electron chi connectivity index (χ4n) is 3.47. The minimum atomic E-state index is -0.408. The van der Waals surface area contributed by atoms with Crippen LogP contribution in [0, 0.1) is 5.92 Å². The van der Waals surface area contributed by atoms with Gasteiger partial charge in [0.15, 0.2) is 0 Å². The summed E-state index contributed by atoms with van der Waals surface area (Å²) in [7, 11) is 0. The van der Waals surface area contributed by atoms with E-state index in [1.165, 1.54) is 32.1 Å². The molecule has 0 spiro atoms. The van der Waals surface area contributed by atoms with E-state index in [0.29, 0.717) is 26.2 Å². The molecule has 0 aromatic carbocycles. The van der Waals surface area contributed by atoms with Gasteiger partial charge in [-0.25, -0.2) is 4.79 Å². The van der Waals surface area contributed by atoms with Crippen LogP contribution in [0.15, 0.2) is 0 Å². The first-order valence-electron chi connectivity index (χ1n) is 8.47. The molecule has 0 bridgehead atoms. The molecular formula is C16H30N2O3. The van der Waals surface area contributed by atoms with E-state index in [4.69, 9.17) is 4.74 Å². The van der Waals surface area contributed by atoms with Crippen molar-refractivity contribution in [1.82, 2.24) is 10.2 Å². The number of urea groups is 1. The second-order valence-corrected chi connectivity index (χ2v) is 6.53. The van der Waals surface area contributed by atoms with E-state index in [2.05, 4.69) is 5.32 Å². The summed E-state index contributed by atoms with van der Waals surface area (Å²) in [6.45, 7) is 4.26. The van der Waals surface area contributed by atoms with Crippen molar-refractivity contribution in [2.45, 2.75) is 64.0 Å². The third kappa shape index (κ3) is 5.47. The van der Waals surface area contributed by atoms with E-state index in [0.717, 1.165) is 18.9 Å². The Morgan fingerprint density at radius 1 is 1.38 bits per heavy atom. The highest BCUT2D eigenvalue weighted by Crippen LogP contribution is 2.25. The molecule has 1 saturated carbocycles. The van der Waals surface area contributed by atoms with Gasteiger partial charge in [0.25, 0.3) is 0 Å². The standard InChI is InChI=1S/C16H30N2O3/c1-13(19)11-15-12-21-10-9-18(15)16(20)17-8-7-14-5-3-2-4-6-14/h13-15,19H,2-12H2,1H3,(H,17,20)/t13-,15+/m0/s1. The number of rotatable bonds is 5. The maximum Gasteiger partial charge on any atom is 0.317 e. The van der Waals surface area contributed by atoms with E-state index in [1.807, 2.05) is 4.90 Å². The van der Waals surface area contributed by atoms with Crippen molar-refractivity contribution in [1.29, 1.82) is 0 Å². The van der Waals surface area contributed by atoms with Crippen LogP contribution in [0.2, 0.25) is 0 Å². The molecular weight excluding hydrogens is 268 g/mol. The summed E-state index contributed by atoms with van der Waals surface area (Å²) in [6.07, 6.45) is 7.96. The van der Waals surface area contributed by atoms with Gasteiger partial charge in [-0.15, -0.1) is 0 Å². The van der Waals surface area contributed by atoms with Crippen molar-refractivity contribution in [3.63, 3.8) is 0 Å². The number of hydrogen-bond donors (Lipinski definition) is 2. The number of amides is 2. The van der Waals surface area contributed by atoms with Gasteiger partial charge in [0.1, 0.15) is 0 Å². The van der Waals surface area contributed by atoms with Crippen molar-refractivity contribution in [3.8, 4) is 0 Å². The number of nitrogens with zero attached hydrogens (tertiary/aromatic N) is 1. The van der Waals surface area contributed by atoms with Crippen LogP contribution in [0.4, 0.5) is 4.79 Å².